The molecule has 2 aromatic carbocycles. The van der Waals surface area contributed by atoms with Crippen LogP contribution >= 0.6 is 24.8 Å². The number of nitrogens with one attached hydrogen (secondary N) is 2. The van der Waals surface area contributed by atoms with Crippen molar-refractivity contribution in [3.05, 3.63) is 65.7 Å². The molecule has 9 heteroatoms. The van der Waals surface area contributed by atoms with Crippen LogP contribution in [0.15, 0.2) is 54.6 Å². The lowest BCUT2D eigenvalue weighted by atomic mass is 10.1. The summed E-state index contributed by atoms with van der Waals surface area (Å²) in [7, 11) is 0. The summed E-state index contributed by atoms with van der Waals surface area (Å²) in [5, 5.41) is 15.3. The number of nitrogens with two attached hydrogens (primary N) is 1. The molecule has 184 valence electrons. The molecule has 34 heavy (non-hydrogen) atoms. The highest BCUT2D eigenvalue weighted by molar-refractivity contribution is 5.95. The second-order valence-corrected chi connectivity index (χ2v) is 7.95. The number of anilines is 1. The van der Waals surface area contributed by atoms with Crippen LogP contribution in [-0.2, 0) is 4.79 Å². The summed E-state index contributed by atoms with van der Waals surface area (Å²) in [6.07, 6.45) is 5.78. The second-order valence-electron chi connectivity index (χ2n) is 7.95. The molecule has 1 fully saturated rings. The van der Waals surface area contributed by atoms with E-state index in [1.807, 2.05) is 61.5 Å². The van der Waals surface area contributed by atoms with E-state index in [1.54, 1.807) is 17.9 Å². The van der Waals surface area contributed by atoms with Crippen molar-refractivity contribution >= 4 is 54.2 Å². The van der Waals surface area contributed by atoms with Crippen molar-refractivity contribution in [2.24, 2.45) is 5.73 Å². The number of nitrogens with zero attached hydrogens (tertiary/aromatic N) is 2. The molecule has 2 aromatic rings. The molecule has 0 saturated carbocycles. The van der Waals surface area contributed by atoms with Crippen molar-refractivity contribution < 1.29 is 9.53 Å². The zero-order valence-corrected chi connectivity index (χ0v) is 21.1. The smallest absolute Gasteiger partial charge is 0.224 e. The summed E-state index contributed by atoms with van der Waals surface area (Å²) in [4.78, 5) is 16.0. The van der Waals surface area contributed by atoms with Crippen LogP contribution in [0.4, 0.5) is 5.69 Å². The van der Waals surface area contributed by atoms with Crippen molar-refractivity contribution in [2.45, 2.75) is 32.8 Å². The van der Waals surface area contributed by atoms with Gasteiger partial charge in [0.15, 0.2) is 0 Å². The third-order valence-corrected chi connectivity index (χ3v) is 5.54. The first-order valence-electron chi connectivity index (χ1n) is 10.8. The van der Waals surface area contributed by atoms with Gasteiger partial charge >= 0.3 is 0 Å². The Kier molecular flexibility index (Phi) is 11.6. The first kappa shape index (κ1) is 29.0. The number of amides is 1. The highest BCUT2D eigenvalue weighted by atomic mass is 35.5. The van der Waals surface area contributed by atoms with Gasteiger partial charge in [0.05, 0.1) is 5.84 Å². The summed E-state index contributed by atoms with van der Waals surface area (Å²) in [5.41, 5.74) is 7.95. The van der Waals surface area contributed by atoms with Crippen molar-refractivity contribution in [1.82, 2.24) is 4.90 Å². The predicted molar refractivity (Wildman–Crippen MR) is 144 cm³/mol. The fourth-order valence-electron chi connectivity index (χ4n) is 3.73. The number of carbonyl (C=O) groups is 1. The van der Waals surface area contributed by atoms with Crippen LogP contribution in [0.3, 0.4) is 0 Å². The molecular formula is C25H33Cl2N5O2. The monoisotopic (exact) mass is 505 g/mol. The molecule has 0 unspecified atom stereocenters. The molecule has 3 rings (SSSR count). The summed E-state index contributed by atoms with van der Waals surface area (Å²) < 4.78 is 6.11. The van der Waals surface area contributed by atoms with Crippen LogP contribution in [0.1, 0.15) is 37.8 Å². The second kappa shape index (κ2) is 13.6. The fourth-order valence-corrected chi connectivity index (χ4v) is 3.73. The van der Waals surface area contributed by atoms with Gasteiger partial charge in [-0.05, 0) is 42.8 Å². The van der Waals surface area contributed by atoms with Gasteiger partial charge in [-0.2, -0.15) is 0 Å². The van der Waals surface area contributed by atoms with Crippen molar-refractivity contribution in [2.75, 3.05) is 24.5 Å². The molecule has 1 aliphatic heterocycles. The number of piperidine rings is 1. The molecule has 1 amide bonds. The zero-order chi connectivity index (χ0) is 23.1. The third kappa shape index (κ3) is 8.08. The Labute approximate surface area is 213 Å². The molecule has 0 radical (unpaired) electrons. The predicted octanol–water partition coefficient (Wildman–Crippen LogP) is 4.72. The van der Waals surface area contributed by atoms with Gasteiger partial charge in [0.2, 0.25) is 5.91 Å². The van der Waals surface area contributed by atoms with E-state index in [0.29, 0.717) is 17.9 Å². The van der Waals surface area contributed by atoms with Gasteiger partial charge in [0.1, 0.15) is 17.7 Å². The van der Waals surface area contributed by atoms with Gasteiger partial charge in [-0.15, -0.1) is 24.8 Å². The van der Waals surface area contributed by atoms with Gasteiger partial charge in [-0.1, -0.05) is 30.4 Å². The number of hydrogen-bond donors (Lipinski definition) is 3. The van der Waals surface area contributed by atoms with Crippen LogP contribution in [-0.4, -0.2) is 48.2 Å². The zero-order valence-electron chi connectivity index (χ0n) is 19.5. The maximum absolute atomic E-state index is 12.2. The highest BCUT2D eigenvalue weighted by Crippen LogP contribution is 2.23. The number of benzene rings is 2. The van der Waals surface area contributed by atoms with Gasteiger partial charge < -0.3 is 20.3 Å². The molecule has 4 N–H and O–H groups in total. The van der Waals surface area contributed by atoms with Gasteiger partial charge in [0, 0.05) is 50.7 Å². The Balaban J connectivity index is 0.00000289. The quantitative estimate of drug-likeness (QED) is 0.373. The Hall–Kier alpha value is -3.03. The first-order chi connectivity index (χ1) is 15.3. The largest absolute Gasteiger partial charge is 0.490 e. The number of likely N-dealkylation sites (tertiary alicyclic amines) is 1. The number of amidine groups is 2. The maximum Gasteiger partial charge on any atom is 0.224 e. The number of nitrogen functional groups attached to an aromatic ring is 1. The van der Waals surface area contributed by atoms with Crippen molar-refractivity contribution in [3.63, 3.8) is 0 Å². The van der Waals surface area contributed by atoms with E-state index in [-0.39, 0.29) is 42.7 Å². The Bertz CT molecular complexity index is 1000. The lowest BCUT2D eigenvalue weighted by Crippen LogP contribution is -2.40. The molecular weight excluding hydrogens is 473 g/mol. The fraction of sp³-hybridized carbons (Fsp3) is 0.320. The first-order valence-corrected chi connectivity index (χ1v) is 10.8. The van der Waals surface area contributed by atoms with Gasteiger partial charge in [-0.3, -0.25) is 15.6 Å². The van der Waals surface area contributed by atoms with Crippen molar-refractivity contribution in [3.8, 4) is 5.75 Å². The van der Waals surface area contributed by atoms with E-state index in [0.717, 1.165) is 42.9 Å². The number of hydrogen-bond acceptors (Lipinski definition) is 4. The van der Waals surface area contributed by atoms with E-state index in [1.165, 1.54) is 0 Å². The molecule has 1 saturated heterocycles. The van der Waals surface area contributed by atoms with E-state index < -0.39 is 0 Å². The molecule has 1 heterocycles. The topological polar surface area (TPSA) is 106 Å². The van der Waals surface area contributed by atoms with E-state index in [4.69, 9.17) is 21.3 Å². The molecule has 0 aromatic heterocycles. The molecule has 0 spiro atoms. The standard InChI is InChI=1S/C25H31N5O2.2ClH/c1-18(26)29-15-12-24(13-16-29)32-23-10-8-22(9-11-23)30(19(2)31)14-4-6-20-5-3-7-21(17-20)25(27)28;;/h3-11,17,24,26H,12-16H2,1-2H3,(H3,27,28);2*1H/b6-4+,26-18?;;. The van der Waals surface area contributed by atoms with E-state index >= 15 is 0 Å². The summed E-state index contributed by atoms with van der Waals surface area (Å²) in [5.74, 6) is 1.38. The number of halogens is 2. The van der Waals surface area contributed by atoms with E-state index in [2.05, 4.69) is 4.90 Å². The summed E-state index contributed by atoms with van der Waals surface area (Å²) in [6.45, 7) is 5.49. The highest BCUT2D eigenvalue weighted by Gasteiger charge is 2.21. The van der Waals surface area contributed by atoms with Crippen LogP contribution in [0, 0.1) is 10.8 Å². The Morgan fingerprint density at radius 1 is 1.12 bits per heavy atom. The average molecular weight is 506 g/mol. The number of ether oxygens (including phenoxy) is 1. The van der Waals surface area contributed by atoms with Crippen LogP contribution in [0.25, 0.3) is 6.08 Å². The summed E-state index contributed by atoms with van der Waals surface area (Å²) in [6, 6.07) is 15.0. The SMILES string of the molecule is CC(=N)N1CCC(Oc2ccc(N(C/C=C/c3cccc(C(=N)N)c3)C(C)=O)cc2)CC1.Cl.Cl. The van der Waals surface area contributed by atoms with E-state index in [9.17, 15) is 4.79 Å². The molecule has 0 bridgehead atoms. The Morgan fingerprint density at radius 2 is 1.76 bits per heavy atom. The summed E-state index contributed by atoms with van der Waals surface area (Å²) >= 11 is 0. The van der Waals surface area contributed by atoms with Gasteiger partial charge in [0.25, 0.3) is 0 Å². The lowest BCUT2D eigenvalue weighted by molar-refractivity contribution is -0.116. The van der Waals surface area contributed by atoms with Crippen molar-refractivity contribution in [1.29, 1.82) is 10.8 Å². The normalized spacial score (nSPS) is 13.5. The maximum atomic E-state index is 12.2. The van der Waals surface area contributed by atoms with Crippen LogP contribution in [0.2, 0.25) is 0 Å². The van der Waals surface area contributed by atoms with Crippen LogP contribution in [0.5, 0.6) is 5.75 Å². The number of carbonyl (C=O) groups excluding carboxylic acids is 1. The molecule has 7 nitrogen and oxygen atoms in total. The number of rotatable bonds is 7. The average Bonchev–Trinajstić information content (AvgIpc) is 2.78. The minimum Gasteiger partial charge on any atom is -0.490 e. The molecule has 1 aliphatic rings. The van der Waals surface area contributed by atoms with Crippen LogP contribution < -0.4 is 15.4 Å². The minimum atomic E-state index is -0.0461. The third-order valence-electron chi connectivity index (χ3n) is 5.54. The molecule has 0 atom stereocenters. The Morgan fingerprint density at radius 3 is 2.32 bits per heavy atom. The lowest BCUT2D eigenvalue weighted by Gasteiger charge is -2.32. The minimum absolute atomic E-state index is 0. The molecule has 0 aliphatic carbocycles. The van der Waals surface area contributed by atoms with Gasteiger partial charge in [-0.25, -0.2) is 0 Å².